The molecule has 16 heavy (non-hydrogen) atoms. The molecule has 3 heterocycles. The molecule has 3 rings (SSSR count). The van der Waals surface area contributed by atoms with E-state index in [9.17, 15) is 0 Å². The molecule has 3 nitrogen and oxygen atoms in total. The molecule has 3 heteroatoms. The number of furan rings is 2. The van der Waals surface area contributed by atoms with Crippen molar-refractivity contribution in [3.8, 4) is 0 Å². The van der Waals surface area contributed by atoms with Crippen LogP contribution in [0.4, 0.5) is 0 Å². The van der Waals surface area contributed by atoms with Gasteiger partial charge in [-0.05, 0) is 27.7 Å². The summed E-state index contributed by atoms with van der Waals surface area (Å²) < 4.78 is 13.7. The molecule has 0 N–H and O–H groups in total. The maximum atomic E-state index is 5.79. The summed E-state index contributed by atoms with van der Waals surface area (Å²) in [4.78, 5) is 0. The molecule has 0 aliphatic carbocycles. The second-order valence-corrected chi connectivity index (χ2v) is 4.48. The zero-order valence-corrected chi connectivity index (χ0v) is 10.3. The summed E-state index contributed by atoms with van der Waals surface area (Å²) in [5.74, 6) is 1.93. The third-order valence-electron chi connectivity index (χ3n) is 3.58. The zero-order valence-electron chi connectivity index (χ0n) is 10.3. The molecule has 0 unspecified atom stereocenters. The lowest BCUT2D eigenvalue weighted by molar-refractivity contribution is 0.545. The van der Waals surface area contributed by atoms with Gasteiger partial charge in [0.25, 0.3) is 0 Å². The summed E-state index contributed by atoms with van der Waals surface area (Å²) in [5.41, 5.74) is 6.44. The van der Waals surface area contributed by atoms with E-state index in [1.54, 1.807) is 0 Å². The second-order valence-electron chi connectivity index (χ2n) is 4.48. The lowest BCUT2D eigenvalue weighted by Crippen LogP contribution is -1.89. The Kier molecular flexibility index (Phi) is 1.63. The minimum absolute atomic E-state index is 0.878. The van der Waals surface area contributed by atoms with E-state index in [-0.39, 0.29) is 0 Å². The van der Waals surface area contributed by atoms with Gasteiger partial charge in [-0.1, -0.05) is 0 Å². The van der Waals surface area contributed by atoms with Crippen LogP contribution in [0.3, 0.4) is 0 Å². The van der Waals surface area contributed by atoms with Crippen molar-refractivity contribution < 1.29 is 8.83 Å². The van der Waals surface area contributed by atoms with Crippen molar-refractivity contribution in [3.63, 3.8) is 0 Å². The van der Waals surface area contributed by atoms with Crippen LogP contribution in [0.15, 0.2) is 8.83 Å². The third-order valence-corrected chi connectivity index (χ3v) is 3.58. The number of hydrogen-bond acceptors (Lipinski definition) is 2. The molecule has 0 fully saturated rings. The molecule has 0 aliphatic heterocycles. The molecule has 0 amide bonds. The summed E-state index contributed by atoms with van der Waals surface area (Å²) in [6.45, 7) is 8.15. The first kappa shape index (κ1) is 9.58. The Morgan fingerprint density at radius 3 is 1.50 bits per heavy atom. The summed E-state index contributed by atoms with van der Waals surface area (Å²) in [7, 11) is 2.06. The highest BCUT2D eigenvalue weighted by Crippen LogP contribution is 2.37. The van der Waals surface area contributed by atoms with Gasteiger partial charge in [-0.15, -0.1) is 0 Å². The van der Waals surface area contributed by atoms with Crippen LogP contribution < -0.4 is 0 Å². The Morgan fingerprint density at radius 2 is 1.12 bits per heavy atom. The van der Waals surface area contributed by atoms with E-state index in [1.165, 1.54) is 11.1 Å². The SMILES string of the molecule is Cc1oc2c3oc(C)c(C)c3n(C)c2c1C. The quantitative estimate of drug-likeness (QED) is 0.574. The number of aromatic nitrogens is 1. The van der Waals surface area contributed by atoms with Gasteiger partial charge in [-0.25, -0.2) is 0 Å². The minimum Gasteiger partial charge on any atom is -0.455 e. The van der Waals surface area contributed by atoms with Gasteiger partial charge in [-0.2, -0.15) is 0 Å². The monoisotopic (exact) mass is 217 g/mol. The van der Waals surface area contributed by atoms with Crippen molar-refractivity contribution in [2.75, 3.05) is 0 Å². The average molecular weight is 217 g/mol. The van der Waals surface area contributed by atoms with E-state index < -0.39 is 0 Å². The van der Waals surface area contributed by atoms with Crippen molar-refractivity contribution in [2.24, 2.45) is 7.05 Å². The van der Waals surface area contributed by atoms with Gasteiger partial charge in [0, 0.05) is 18.2 Å². The molecule has 84 valence electrons. The maximum Gasteiger partial charge on any atom is 0.195 e. The summed E-state index contributed by atoms with van der Waals surface area (Å²) >= 11 is 0. The van der Waals surface area contributed by atoms with Crippen LogP contribution in [-0.4, -0.2) is 4.57 Å². The fourth-order valence-electron chi connectivity index (χ4n) is 2.46. The van der Waals surface area contributed by atoms with Gasteiger partial charge in [-0.3, -0.25) is 0 Å². The van der Waals surface area contributed by atoms with Gasteiger partial charge >= 0.3 is 0 Å². The summed E-state index contributed by atoms with van der Waals surface area (Å²) in [5, 5.41) is 0. The third kappa shape index (κ3) is 0.889. The van der Waals surface area contributed by atoms with E-state index in [0.717, 1.165) is 33.7 Å². The Labute approximate surface area is 93.6 Å². The molecule has 0 saturated carbocycles. The molecule has 0 aromatic carbocycles. The van der Waals surface area contributed by atoms with Gasteiger partial charge in [0.15, 0.2) is 11.2 Å². The molecule has 3 aromatic rings. The Hall–Kier alpha value is -1.64. The van der Waals surface area contributed by atoms with Gasteiger partial charge in [0.05, 0.1) is 11.0 Å². The van der Waals surface area contributed by atoms with Crippen LogP contribution in [0.1, 0.15) is 22.6 Å². The predicted octanol–water partition coefficient (Wildman–Crippen LogP) is 3.75. The van der Waals surface area contributed by atoms with Crippen molar-refractivity contribution >= 4 is 22.2 Å². The molecule has 0 bridgehead atoms. The molecule has 0 saturated heterocycles. The van der Waals surface area contributed by atoms with Crippen molar-refractivity contribution in [2.45, 2.75) is 27.7 Å². The normalized spacial score (nSPS) is 12.1. The topological polar surface area (TPSA) is 31.2 Å². The smallest absolute Gasteiger partial charge is 0.195 e. The highest BCUT2D eigenvalue weighted by Gasteiger charge is 2.21. The van der Waals surface area contributed by atoms with Crippen LogP contribution in [0.2, 0.25) is 0 Å². The standard InChI is InChI=1S/C13H15NO2/c1-6-8(3)15-12-10(6)14(5)11-7(2)9(4)16-13(11)12/h1-5H3. The highest BCUT2D eigenvalue weighted by atomic mass is 16.4. The molecule has 0 spiro atoms. The number of aryl methyl sites for hydroxylation is 5. The molecular weight excluding hydrogens is 202 g/mol. The molecule has 3 aromatic heterocycles. The largest absolute Gasteiger partial charge is 0.455 e. The first-order chi connectivity index (χ1) is 7.52. The summed E-state index contributed by atoms with van der Waals surface area (Å²) in [6.07, 6.45) is 0. The first-order valence-electron chi connectivity index (χ1n) is 5.46. The maximum absolute atomic E-state index is 5.79. The number of rotatable bonds is 0. The van der Waals surface area contributed by atoms with E-state index in [2.05, 4.69) is 25.5 Å². The molecule has 0 radical (unpaired) electrons. The Morgan fingerprint density at radius 1 is 0.750 bits per heavy atom. The van der Waals surface area contributed by atoms with Crippen LogP contribution >= 0.6 is 0 Å². The van der Waals surface area contributed by atoms with E-state index in [1.807, 2.05) is 13.8 Å². The Balaban J connectivity index is 2.65. The van der Waals surface area contributed by atoms with Crippen molar-refractivity contribution in [1.29, 1.82) is 0 Å². The lowest BCUT2D eigenvalue weighted by atomic mass is 10.2. The van der Waals surface area contributed by atoms with Gasteiger partial charge in [0.1, 0.15) is 11.5 Å². The fraction of sp³-hybridized carbons (Fsp3) is 0.385. The number of fused-ring (bicyclic) bond motifs is 3. The number of nitrogens with zero attached hydrogens (tertiary/aromatic N) is 1. The zero-order chi connectivity index (χ0) is 11.6. The van der Waals surface area contributed by atoms with Gasteiger partial charge < -0.3 is 13.4 Å². The van der Waals surface area contributed by atoms with E-state index in [4.69, 9.17) is 8.83 Å². The molecule has 0 aliphatic rings. The first-order valence-corrected chi connectivity index (χ1v) is 5.46. The predicted molar refractivity (Wildman–Crippen MR) is 63.9 cm³/mol. The van der Waals surface area contributed by atoms with Crippen LogP contribution in [-0.2, 0) is 7.05 Å². The van der Waals surface area contributed by atoms with Crippen LogP contribution in [0, 0.1) is 27.7 Å². The highest BCUT2D eigenvalue weighted by molar-refractivity contribution is 6.04. The van der Waals surface area contributed by atoms with E-state index >= 15 is 0 Å². The van der Waals surface area contributed by atoms with Crippen molar-refractivity contribution in [1.82, 2.24) is 4.57 Å². The van der Waals surface area contributed by atoms with Gasteiger partial charge in [0.2, 0.25) is 0 Å². The lowest BCUT2D eigenvalue weighted by Gasteiger charge is -1.97. The average Bonchev–Trinajstić information content (AvgIpc) is 2.76. The number of hydrogen-bond donors (Lipinski definition) is 0. The molecule has 0 atom stereocenters. The van der Waals surface area contributed by atoms with Crippen LogP contribution in [0.5, 0.6) is 0 Å². The Bertz CT molecular complexity index is 650. The molecular formula is C13H15NO2. The summed E-state index contributed by atoms with van der Waals surface area (Å²) in [6, 6.07) is 0. The minimum atomic E-state index is 0.878. The fourth-order valence-corrected chi connectivity index (χ4v) is 2.46. The van der Waals surface area contributed by atoms with Crippen LogP contribution in [0.25, 0.3) is 22.2 Å². The van der Waals surface area contributed by atoms with Crippen molar-refractivity contribution in [3.05, 3.63) is 22.6 Å². The van der Waals surface area contributed by atoms with E-state index in [0.29, 0.717) is 0 Å². The second kappa shape index (κ2) is 2.73.